The van der Waals surface area contributed by atoms with E-state index in [-0.39, 0.29) is 6.10 Å². The number of anilines is 1. The molecule has 23 heavy (non-hydrogen) atoms. The van der Waals surface area contributed by atoms with Crippen LogP contribution in [0.1, 0.15) is 24.4 Å². The molecule has 7 heteroatoms. The lowest BCUT2D eigenvalue weighted by molar-refractivity contribution is 0.0371. The molecule has 1 fully saturated rings. The van der Waals surface area contributed by atoms with Crippen molar-refractivity contribution in [3.8, 4) is 0 Å². The van der Waals surface area contributed by atoms with Crippen LogP contribution in [0.4, 0.5) is 5.69 Å². The zero-order valence-electron chi connectivity index (χ0n) is 13.0. The lowest BCUT2D eigenvalue weighted by Crippen LogP contribution is -2.39. The van der Waals surface area contributed by atoms with E-state index in [0.29, 0.717) is 6.61 Å². The molecule has 3 aromatic rings. The van der Waals surface area contributed by atoms with E-state index in [4.69, 9.17) is 4.74 Å². The third kappa shape index (κ3) is 2.63. The molecule has 0 aliphatic carbocycles. The second-order valence-electron chi connectivity index (χ2n) is 5.53. The van der Waals surface area contributed by atoms with Gasteiger partial charge in [0.05, 0.1) is 30.2 Å². The standard InChI is InChI=1S/C16H18N6O/c1-2-12-9-14(16-19-18-11-22(16)20-12)21-7-8-23-15(10-21)13-5-3-4-6-17-13/h3-6,9,11,15H,2,7-8,10H2,1H3. The van der Waals surface area contributed by atoms with Crippen molar-refractivity contribution in [2.24, 2.45) is 0 Å². The lowest BCUT2D eigenvalue weighted by Gasteiger charge is -2.34. The first-order valence-corrected chi connectivity index (χ1v) is 7.82. The van der Waals surface area contributed by atoms with Gasteiger partial charge in [0.1, 0.15) is 12.4 Å². The summed E-state index contributed by atoms with van der Waals surface area (Å²) >= 11 is 0. The summed E-state index contributed by atoms with van der Waals surface area (Å²) in [5.41, 5.74) is 3.81. The summed E-state index contributed by atoms with van der Waals surface area (Å²) in [6.07, 6.45) is 4.28. The van der Waals surface area contributed by atoms with Crippen LogP contribution in [0.3, 0.4) is 0 Å². The highest BCUT2D eigenvalue weighted by Gasteiger charge is 2.25. The van der Waals surface area contributed by atoms with Crippen LogP contribution in [0.25, 0.3) is 5.65 Å². The SMILES string of the molecule is CCc1cc(N2CCOC(c3ccccn3)C2)c2nncn2n1. The summed E-state index contributed by atoms with van der Waals surface area (Å²) in [5.74, 6) is 0. The smallest absolute Gasteiger partial charge is 0.200 e. The maximum Gasteiger partial charge on any atom is 0.200 e. The minimum atomic E-state index is -0.0360. The van der Waals surface area contributed by atoms with E-state index in [2.05, 4.69) is 38.2 Å². The summed E-state index contributed by atoms with van der Waals surface area (Å²) in [5, 5.41) is 12.7. The quantitative estimate of drug-likeness (QED) is 0.733. The molecule has 118 valence electrons. The number of fused-ring (bicyclic) bond motifs is 1. The third-order valence-corrected chi connectivity index (χ3v) is 4.09. The second kappa shape index (κ2) is 5.92. The minimum Gasteiger partial charge on any atom is -0.368 e. The van der Waals surface area contributed by atoms with Gasteiger partial charge in [-0.1, -0.05) is 13.0 Å². The molecule has 0 saturated carbocycles. The molecule has 0 amide bonds. The fourth-order valence-electron chi connectivity index (χ4n) is 2.88. The monoisotopic (exact) mass is 310 g/mol. The van der Waals surface area contributed by atoms with Crippen molar-refractivity contribution in [3.05, 3.63) is 48.2 Å². The highest BCUT2D eigenvalue weighted by molar-refractivity contribution is 5.68. The van der Waals surface area contributed by atoms with E-state index in [1.807, 2.05) is 18.2 Å². The molecule has 0 aromatic carbocycles. The maximum absolute atomic E-state index is 5.90. The summed E-state index contributed by atoms with van der Waals surface area (Å²) in [6.45, 7) is 4.31. The summed E-state index contributed by atoms with van der Waals surface area (Å²) in [7, 11) is 0. The van der Waals surface area contributed by atoms with Gasteiger partial charge in [-0.25, -0.2) is 0 Å². The van der Waals surface area contributed by atoms with Crippen molar-refractivity contribution in [3.63, 3.8) is 0 Å². The summed E-state index contributed by atoms with van der Waals surface area (Å²) in [6, 6.07) is 8.01. The molecule has 4 rings (SSSR count). The van der Waals surface area contributed by atoms with Gasteiger partial charge in [0.15, 0.2) is 0 Å². The van der Waals surface area contributed by atoms with Gasteiger partial charge in [-0.3, -0.25) is 4.98 Å². The molecular weight excluding hydrogens is 292 g/mol. The first-order valence-electron chi connectivity index (χ1n) is 7.82. The van der Waals surface area contributed by atoms with Gasteiger partial charge in [-0.2, -0.15) is 9.61 Å². The van der Waals surface area contributed by atoms with Crippen molar-refractivity contribution in [1.82, 2.24) is 24.8 Å². The van der Waals surface area contributed by atoms with E-state index >= 15 is 0 Å². The van der Waals surface area contributed by atoms with Crippen LogP contribution in [0.2, 0.25) is 0 Å². The molecule has 0 spiro atoms. The Morgan fingerprint density at radius 1 is 1.35 bits per heavy atom. The average molecular weight is 310 g/mol. The number of hydrogen-bond acceptors (Lipinski definition) is 6. The number of pyridine rings is 1. The Labute approximate surface area is 133 Å². The Bertz CT molecular complexity index is 803. The number of rotatable bonds is 3. The predicted molar refractivity (Wildman–Crippen MR) is 85.3 cm³/mol. The fourth-order valence-corrected chi connectivity index (χ4v) is 2.88. The second-order valence-corrected chi connectivity index (χ2v) is 5.53. The predicted octanol–water partition coefficient (Wildman–Crippen LogP) is 1.66. The highest BCUT2D eigenvalue weighted by Crippen LogP contribution is 2.27. The van der Waals surface area contributed by atoms with Gasteiger partial charge in [-0.15, -0.1) is 10.2 Å². The van der Waals surface area contributed by atoms with Gasteiger partial charge in [-0.05, 0) is 24.6 Å². The molecule has 1 unspecified atom stereocenters. The first-order chi connectivity index (χ1) is 11.3. The highest BCUT2D eigenvalue weighted by atomic mass is 16.5. The number of ether oxygens (including phenoxy) is 1. The van der Waals surface area contributed by atoms with Crippen LogP contribution in [0.15, 0.2) is 36.8 Å². The Morgan fingerprint density at radius 2 is 2.30 bits per heavy atom. The molecule has 1 aliphatic heterocycles. The van der Waals surface area contributed by atoms with Crippen LogP contribution in [-0.2, 0) is 11.2 Å². The van der Waals surface area contributed by atoms with Crippen molar-refractivity contribution < 1.29 is 4.74 Å². The fraction of sp³-hybridized carbons (Fsp3) is 0.375. The summed E-state index contributed by atoms with van der Waals surface area (Å²) < 4.78 is 7.65. The van der Waals surface area contributed by atoms with Crippen LogP contribution in [0.5, 0.6) is 0 Å². The number of hydrogen-bond donors (Lipinski definition) is 0. The van der Waals surface area contributed by atoms with Crippen molar-refractivity contribution in [1.29, 1.82) is 0 Å². The van der Waals surface area contributed by atoms with E-state index in [1.54, 1.807) is 17.0 Å². The van der Waals surface area contributed by atoms with Gasteiger partial charge in [0.25, 0.3) is 0 Å². The Hall–Kier alpha value is -2.54. The largest absolute Gasteiger partial charge is 0.368 e. The molecule has 3 aromatic heterocycles. The number of morpholine rings is 1. The molecule has 1 aliphatic rings. The average Bonchev–Trinajstić information content (AvgIpc) is 3.10. The minimum absolute atomic E-state index is 0.0360. The van der Waals surface area contributed by atoms with Gasteiger partial charge >= 0.3 is 0 Å². The van der Waals surface area contributed by atoms with Crippen molar-refractivity contribution in [2.45, 2.75) is 19.4 Å². The number of aryl methyl sites for hydroxylation is 1. The van der Waals surface area contributed by atoms with Gasteiger partial charge < -0.3 is 9.64 Å². The number of nitrogens with zero attached hydrogens (tertiary/aromatic N) is 6. The van der Waals surface area contributed by atoms with E-state index < -0.39 is 0 Å². The molecule has 1 saturated heterocycles. The van der Waals surface area contributed by atoms with E-state index in [1.165, 1.54) is 0 Å². The molecular formula is C16H18N6O. The van der Waals surface area contributed by atoms with Crippen LogP contribution in [-0.4, -0.2) is 44.5 Å². The molecule has 0 radical (unpaired) electrons. The molecule has 1 atom stereocenters. The zero-order valence-corrected chi connectivity index (χ0v) is 13.0. The van der Waals surface area contributed by atoms with Crippen LogP contribution in [0, 0.1) is 0 Å². The molecule has 0 N–H and O–H groups in total. The van der Waals surface area contributed by atoms with Crippen molar-refractivity contribution in [2.75, 3.05) is 24.6 Å². The van der Waals surface area contributed by atoms with Gasteiger partial charge in [0.2, 0.25) is 5.65 Å². The van der Waals surface area contributed by atoms with Crippen molar-refractivity contribution >= 4 is 11.3 Å². The molecule has 7 nitrogen and oxygen atoms in total. The molecule has 0 bridgehead atoms. The Balaban J connectivity index is 1.69. The maximum atomic E-state index is 5.90. The Kier molecular flexibility index (Phi) is 3.63. The summed E-state index contributed by atoms with van der Waals surface area (Å²) in [4.78, 5) is 6.70. The molecule has 4 heterocycles. The van der Waals surface area contributed by atoms with Gasteiger partial charge in [0, 0.05) is 12.7 Å². The van der Waals surface area contributed by atoms with Crippen LogP contribution >= 0.6 is 0 Å². The number of aromatic nitrogens is 5. The van der Waals surface area contributed by atoms with E-state index in [0.717, 1.165) is 42.2 Å². The van der Waals surface area contributed by atoms with Crippen LogP contribution < -0.4 is 4.90 Å². The third-order valence-electron chi connectivity index (χ3n) is 4.09. The normalized spacial score (nSPS) is 18.5. The Morgan fingerprint density at radius 3 is 3.13 bits per heavy atom. The zero-order chi connectivity index (χ0) is 15.6. The lowest BCUT2D eigenvalue weighted by atomic mass is 10.1. The first kappa shape index (κ1) is 14.1. The van der Waals surface area contributed by atoms with E-state index in [9.17, 15) is 0 Å². The topological polar surface area (TPSA) is 68.4 Å².